The Kier molecular flexibility index (Phi) is 9.00. The van der Waals surface area contributed by atoms with Gasteiger partial charge in [-0.1, -0.05) is 12.1 Å². The quantitative estimate of drug-likeness (QED) is 0.398. The molecule has 1 N–H and O–H groups in total. The zero-order chi connectivity index (χ0) is 26.5. The van der Waals surface area contributed by atoms with Crippen molar-refractivity contribution in [3.05, 3.63) is 53.1 Å². The third-order valence-corrected chi connectivity index (χ3v) is 8.20. The molecule has 0 unspecified atom stereocenters. The highest BCUT2D eigenvalue weighted by molar-refractivity contribution is 7.98. The Morgan fingerprint density at radius 1 is 1.03 bits per heavy atom. The van der Waals surface area contributed by atoms with Crippen LogP contribution in [0, 0.1) is 0 Å². The molecule has 2 aromatic rings. The van der Waals surface area contributed by atoms with Crippen molar-refractivity contribution < 1.29 is 19.1 Å². The molecule has 1 saturated heterocycles. The molecule has 8 nitrogen and oxygen atoms in total. The number of carbonyl (C=O) groups is 2. The highest BCUT2D eigenvalue weighted by Gasteiger charge is 2.43. The van der Waals surface area contributed by atoms with Crippen LogP contribution in [0.4, 0.5) is 0 Å². The predicted molar refractivity (Wildman–Crippen MR) is 147 cm³/mol. The summed E-state index contributed by atoms with van der Waals surface area (Å²) in [7, 11) is 7.02. The third-order valence-electron chi connectivity index (χ3n) is 7.46. The van der Waals surface area contributed by atoms with Crippen LogP contribution in [-0.2, 0) is 4.79 Å². The van der Waals surface area contributed by atoms with Gasteiger partial charge in [0, 0.05) is 50.2 Å². The first-order chi connectivity index (χ1) is 17.9. The number of rotatable bonds is 9. The van der Waals surface area contributed by atoms with E-state index in [-0.39, 0.29) is 11.8 Å². The van der Waals surface area contributed by atoms with Crippen LogP contribution in [0.15, 0.2) is 41.3 Å². The van der Waals surface area contributed by atoms with Gasteiger partial charge in [-0.3, -0.25) is 9.59 Å². The number of hydrogen-bond donors (Lipinski definition) is 1. The Hall–Kier alpha value is -2.75. The van der Waals surface area contributed by atoms with Crippen LogP contribution in [-0.4, -0.2) is 100 Å². The number of amides is 2. The zero-order valence-corrected chi connectivity index (χ0v) is 23.3. The van der Waals surface area contributed by atoms with E-state index < -0.39 is 12.0 Å². The van der Waals surface area contributed by atoms with Gasteiger partial charge in [0.25, 0.3) is 5.91 Å². The van der Waals surface area contributed by atoms with E-state index in [1.807, 2.05) is 30.5 Å². The Bertz CT molecular complexity index is 1100. The lowest BCUT2D eigenvalue weighted by Gasteiger charge is -2.40. The molecule has 0 radical (unpaired) electrons. The molecule has 0 saturated carbocycles. The van der Waals surface area contributed by atoms with Gasteiger partial charge in [-0.05, 0) is 61.7 Å². The second-order valence-electron chi connectivity index (χ2n) is 9.70. The van der Waals surface area contributed by atoms with E-state index in [4.69, 9.17) is 9.47 Å². The van der Waals surface area contributed by atoms with E-state index in [9.17, 15) is 9.59 Å². The normalized spacial score (nSPS) is 20.5. The van der Waals surface area contributed by atoms with Gasteiger partial charge in [0.05, 0.1) is 26.2 Å². The minimum atomic E-state index is -0.582. The molecule has 2 heterocycles. The van der Waals surface area contributed by atoms with E-state index in [0.717, 1.165) is 49.6 Å². The van der Waals surface area contributed by atoms with Crippen molar-refractivity contribution >= 4 is 23.6 Å². The first-order valence-electron chi connectivity index (χ1n) is 12.7. The molecular weight excluding hydrogens is 488 g/mol. The number of benzene rings is 2. The molecule has 0 aromatic heterocycles. The second kappa shape index (κ2) is 12.2. The number of likely N-dealkylation sites (N-methyl/N-ethyl adjacent to an activating group) is 2. The molecule has 0 bridgehead atoms. The maximum atomic E-state index is 13.8. The highest BCUT2D eigenvalue weighted by atomic mass is 32.2. The monoisotopic (exact) mass is 526 g/mol. The minimum absolute atomic E-state index is 0.0925. The van der Waals surface area contributed by atoms with Crippen LogP contribution in [0.3, 0.4) is 0 Å². The number of thioether (sulfide) groups is 1. The van der Waals surface area contributed by atoms with Gasteiger partial charge in [0.1, 0.15) is 0 Å². The Labute approximate surface area is 224 Å². The van der Waals surface area contributed by atoms with Gasteiger partial charge in [-0.2, -0.15) is 0 Å². The fourth-order valence-electron chi connectivity index (χ4n) is 5.24. The second-order valence-corrected chi connectivity index (χ2v) is 10.6. The van der Waals surface area contributed by atoms with Gasteiger partial charge in [0.15, 0.2) is 11.5 Å². The summed E-state index contributed by atoms with van der Waals surface area (Å²) in [6, 6.07) is 11.1. The third kappa shape index (κ3) is 5.89. The molecule has 2 aromatic carbocycles. The summed E-state index contributed by atoms with van der Waals surface area (Å²) >= 11 is 1.66. The first-order valence-corrected chi connectivity index (χ1v) is 14.0. The SMILES string of the molecule is COc1cc2c(cc1OC)[C@@H](C(=O)NCCCN1CCN(C)CC1)[C@H](c1ccc(SC)cc1)N(C)C2=O. The van der Waals surface area contributed by atoms with Gasteiger partial charge in [-0.25, -0.2) is 0 Å². The van der Waals surface area contributed by atoms with Crippen LogP contribution >= 0.6 is 11.8 Å². The molecule has 2 aliphatic heterocycles. The van der Waals surface area contributed by atoms with E-state index in [1.54, 1.807) is 50.1 Å². The summed E-state index contributed by atoms with van der Waals surface area (Å²) in [4.78, 5) is 34.9. The van der Waals surface area contributed by atoms with Crippen molar-refractivity contribution in [3.63, 3.8) is 0 Å². The van der Waals surface area contributed by atoms with Crippen molar-refractivity contribution in [3.8, 4) is 11.5 Å². The topological polar surface area (TPSA) is 74.4 Å². The van der Waals surface area contributed by atoms with Gasteiger partial charge in [0.2, 0.25) is 5.91 Å². The average molecular weight is 527 g/mol. The van der Waals surface area contributed by atoms with Crippen LogP contribution in [0.5, 0.6) is 11.5 Å². The van der Waals surface area contributed by atoms with Gasteiger partial charge in [-0.15, -0.1) is 11.8 Å². The Morgan fingerprint density at radius 3 is 2.30 bits per heavy atom. The maximum absolute atomic E-state index is 13.8. The Morgan fingerprint density at radius 2 is 1.68 bits per heavy atom. The number of nitrogens with one attached hydrogen (secondary N) is 1. The zero-order valence-electron chi connectivity index (χ0n) is 22.5. The molecule has 37 heavy (non-hydrogen) atoms. The molecule has 1 fully saturated rings. The minimum Gasteiger partial charge on any atom is -0.493 e. The van der Waals surface area contributed by atoms with Crippen LogP contribution in [0.2, 0.25) is 0 Å². The number of hydrogen-bond acceptors (Lipinski definition) is 7. The summed E-state index contributed by atoms with van der Waals surface area (Å²) < 4.78 is 11.0. The van der Waals surface area contributed by atoms with Crippen molar-refractivity contribution in [2.24, 2.45) is 0 Å². The number of ether oxygens (including phenoxy) is 2. The van der Waals surface area contributed by atoms with Crippen molar-refractivity contribution in [1.82, 2.24) is 20.0 Å². The summed E-state index contributed by atoms with van der Waals surface area (Å²) in [5.41, 5.74) is 2.05. The molecule has 0 spiro atoms. The van der Waals surface area contributed by atoms with E-state index in [2.05, 4.69) is 22.2 Å². The smallest absolute Gasteiger partial charge is 0.254 e. The molecule has 2 amide bonds. The lowest BCUT2D eigenvalue weighted by molar-refractivity contribution is -0.124. The largest absolute Gasteiger partial charge is 0.493 e. The predicted octanol–water partition coefficient (Wildman–Crippen LogP) is 3.09. The highest BCUT2D eigenvalue weighted by Crippen LogP contribution is 2.45. The number of carbonyl (C=O) groups excluding carboxylic acids is 2. The molecule has 200 valence electrons. The first kappa shape index (κ1) is 27.3. The van der Waals surface area contributed by atoms with Gasteiger partial charge < -0.3 is 29.5 Å². The number of nitrogens with zero attached hydrogens (tertiary/aromatic N) is 3. The van der Waals surface area contributed by atoms with Crippen LogP contribution in [0.25, 0.3) is 0 Å². The van der Waals surface area contributed by atoms with Crippen molar-refractivity contribution in [2.45, 2.75) is 23.3 Å². The molecule has 2 atom stereocenters. The summed E-state index contributed by atoms with van der Waals surface area (Å²) in [5, 5.41) is 3.18. The lowest BCUT2D eigenvalue weighted by Crippen LogP contribution is -2.47. The molecule has 0 aliphatic carbocycles. The summed E-state index contributed by atoms with van der Waals surface area (Å²) in [5.74, 6) is 0.153. The molecule has 9 heteroatoms. The van der Waals surface area contributed by atoms with E-state index >= 15 is 0 Å². The summed E-state index contributed by atoms with van der Waals surface area (Å²) in [6.45, 7) is 5.81. The maximum Gasteiger partial charge on any atom is 0.254 e. The van der Waals surface area contributed by atoms with Crippen LogP contribution in [0.1, 0.15) is 39.9 Å². The molecular formula is C28H38N4O4S. The lowest BCUT2D eigenvalue weighted by atomic mass is 9.79. The van der Waals surface area contributed by atoms with E-state index in [1.165, 1.54) is 0 Å². The standard InChI is InChI=1S/C28H38N4O4S/c1-30-13-15-32(16-14-30)12-6-11-29-27(33)25-21-17-23(35-3)24(36-4)18-22(21)28(34)31(2)26(25)19-7-9-20(37-5)10-8-19/h7-10,17-18,25-26H,6,11-16H2,1-5H3,(H,29,33)/t25-,26+/m1/s1. The fraction of sp³-hybridized carbons (Fsp3) is 0.500. The van der Waals surface area contributed by atoms with Crippen molar-refractivity contribution in [1.29, 1.82) is 0 Å². The summed E-state index contributed by atoms with van der Waals surface area (Å²) in [6.07, 6.45) is 2.91. The number of methoxy groups -OCH3 is 2. The van der Waals surface area contributed by atoms with E-state index in [0.29, 0.717) is 29.2 Å². The molecule has 2 aliphatic rings. The number of fused-ring (bicyclic) bond motifs is 1. The van der Waals surface area contributed by atoms with Gasteiger partial charge >= 0.3 is 0 Å². The fourth-order valence-corrected chi connectivity index (χ4v) is 5.65. The number of piperazine rings is 1. The molecule has 4 rings (SSSR count). The van der Waals surface area contributed by atoms with Crippen LogP contribution < -0.4 is 14.8 Å². The Balaban J connectivity index is 1.61. The average Bonchev–Trinajstić information content (AvgIpc) is 2.93. The van der Waals surface area contributed by atoms with Crippen molar-refractivity contribution in [2.75, 3.05) is 73.8 Å².